The third-order valence-electron chi connectivity index (χ3n) is 9.02. The van der Waals surface area contributed by atoms with Gasteiger partial charge in [-0.15, -0.1) is 0 Å². The number of aryl methyl sites for hydroxylation is 1. The van der Waals surface area contributed by atoms with Gasteiger partial charge in [0, 0.05) is 16.5 Å². The van der Waals surface area contributed by atoms with Crippen LogP contribution in [0, 0.1) is 6.92 Å². The Hall–Kier alpha value is -5.22. The molecule has 0 aliphatic heterocycles. The van der Waals surface area contributed by atoms with Crippen molar-refractivity contribution in [1.29, 1.82) is 0 Å². The van der Waals surface area contributed by atoms with E-state index in [1.165, 1.54) is 38.7 Å². The molecule has 0 fully saturated rings. The van der Waals surface area contributed by atoms with Crippen molar-refractivity contribution in [2.75, 3.05) is 0 Å². The summed E-state index contributed by atoms with van der Waals surface area (Å²) in [6.07, 6.45) is 0. The van der Waals surface area contributed by atoms with Crippen molar-refractivity contribution >= 4 is 43.9 Å². The zero-order chi connectivity index (χ0) is 30.8. The first-order valence-corrected chi connectivity index (χ1v) is 15.8. The van der Waals surface area contributed by atoms with Crippen LogP contribution in [0.3, 0.4) is 0 Å². The van der Waals surface area contributed by atoms with E-state index in [4.69, 9.17) is 14.4 Å². The van der Waals surface area contributed by atoms with E-state index in [2.05, 4.69) is 135 Å². The van der Waals surface area contributed by atoms with Crippen LogP contribution in [-0.2, 0) is 0 Å². The van der Waals surface area contributed by atoms with Gasteiger partial charge in [0.05, 0.1) is 22.3 Å². The normalized spacial score (nSPS) is 12.1. The number of nitrogens with zero attached hydrogens (tertiary/aromatic N) is 3. The zero-order valence-electron chi connectivity index (χ0n) is 26.3. The third kappa shape index (κ3) is 4.43. The standard InChI is InChI=1S/C41H35N3O/c1-24(2)34-22-30(29-19-18-27-11-6-7-12-28(27)21-29)23-35(25(3)4)38(34)44-37-16-9-8-15-36(37)43-40(44)33-14-10-13-31-32-20-17-26(5)42-41(32)45-39(31)33/h6-25H,1-5H3. The number of hydrogen-bond acceptors (Lipinski definition) is 3. The molecule has 0 saturated heterocycles. The SMILES string of the molecule is Cc1ccc2c(n1)oc1c(-c3nc4ccccc4n3-c3c(C(C)C)cc(-c4ccc5ccccc5c4)cc3C(C)C)cccc12. The van der Waals surface area contributed by atoms with E-state index < -0.39 is 0 Å². The van der Waals surface area contributed by atoms with Crippen LogP contribution in [0.25, 0.3) is 72.1 Å². The van der Waals surface area contributed by atoms with Crippen molar-refractivity contribution in [3.63, 3.8) is 0 Å². The highest BCUT2D eigenvalue weighted by atomic mass is 16.3. The number of benzene rings is 5. The van der Waals surface area contributed by atoms with Gasteiger partial charge in [-0.2, -0.15) is 0 Å². The molecule has 220 valence electrons. The number of aromatic nitrogens is 3. The van der Waals surface area contributed by atoms with Crippen molar-refractivity contribution in [1.82, 2.24) is 14.5 Å². The highest BCUT2D eigenvalue weighted by molar-refractivity contribution is 6.08. The molecule has 0 saturated carbocycles. The average molecular weight is 586 g/mol. The lowest BCUT2D eigenvalue weighted by Gasteiger charge is -2.24. The van der Waals surface area contributed by atoms with E-state index in [-0.39, 0.29) is 11.8 Å². The summed E-state index contributed by atoms with van der Waals surface area (Å²) < 4.78 is 8.89. The molecule has 0 aliphatic rings. The van der Waals surface area contributed by atoms with E-state index in [9.17, 15) is 0 Å². The highest BCUT2D eigenvalue weighted by Crippen LogP contribution is 2.42. The zero-order valence-corrected chi connectivity index (χ0v) is 26.3. The first-order chi connectivity index (χ1) is 21.9. The number of fused-ring (bicyclic) bond motifs is 5. The molecule has 0 atom stereocenters. The number of pyridine rings is 1. The molecule has 45 heavy (non-hydrogen) atoms. The van der Waals surface area contributed by atoms with Gasteiger partial charge in [-0.25, -0.2) is 9.97 Å². The maximum Gasteiger partial charge on any atom is 0.227 e. The highest BCUT2D eigenvalue weighted by Gasteiger charge is 2.25. The lowest BCUT2D eigenvalue weighted by Crippen LogP contribution is -2.09. The summed E-state index contributed by atoms with van der Waals surface area (Å²) in [4.78, 5) is 10.0. The fourth-order valence-corrected chi connectivity index (χ4v) is 6.73. The van der Waals surface area contributed by atoms with Gasteiger partial charge in [0.1, 0.15) is 11.4 Å². The Kier molecular flexibility index (Phi) is 6.35. The summed E-state index contributed by atoms with van der Waals surface area (Å²) in [7, 11) is 0. The summed E-state index contributed by atoms with van der Waals surface area (Å²) in [5.41, 5.74) is 11.7. The molecular weight excluding hydrogens is 550 g/mol. The maximum atomic E-state index is 6.51. The Morgan fingerprint density at radius 1 is 0.622 bits per heavy atom. The fourth-order valence-electron chi connectivity index (χ4n) is 6.73. The second kappa shape index (κ2) is 10.4. The van der Waals surface area contributed by atoms with Crippen molar-refractivity contribution in [2.45, 2.75) is 46.5 Å². The van der Waals surface area contributed by atoms with Crippen LogP contribution < -0.4 is 0 Å². The summed E-state index contributed by atoms with van der Waals surface area (Å²) in [5.74, 6) is 1.43. The average Bonchev–Trinajstić information content (AvgIpc) is 3.61. The largest absolute Gasteiger partial charge is 0.437 e. The van der Waals surface area contributed by atoms with E-state index in [1.54, 1.807) is 0 Å². The first kappa shape index (κ1) is 27.3. The Morgan fingerprint density at radius 3 is 2.13 bits per heavy atom. The van der Waals surface area contributed by atoms with Gasteiger partial charge in [-0.1, -0.05) is 88.4 Å². The number of rotatable bonds is 5. The van der Waals surface area contributed by atoms with Gasteiger partial charge in [0.25, 0.3) is 0 Å². The molecule has 0 amide bonds. The van der Waals surface area contributed by atoms with E-state index in [0.717, 1.165) is 44.5 Å². The second-order valence-electron chi connectivity index (χ2n) is 12.7. The molecule has 0 bridgehead atoms. The first-order valence-electron chi connectivity index (χ1n) is 15.8. The molecule has 4 nitrogen and oxygen atoms in total. The molecule has 0 radical (unpaired) electrons. The van der Waals surface area contributed by atoms with Gasteiger partial charge in [-0.05, 0) is 100 Å². The third-order valence-corrected chi connectivity index (χ3v) is 9.02. The summed E-state index contributed by atoms with van der Waals surface area (Å²) >= 11 is 0. The molecule has 8 aromatic rings. The Labute approximate surface area is 263 Å². The minimum atomic E-state index is 0.279. The topological polar surface area (TPSA) is 43.9 Å². The van der Waals surface area contributed by atoms with E-state index in [1.807, 2.05) is 13.0 Å². The quantitative estimate of drug-likeness (QED) is 0.202. The molecule has 0 spiro atoms. The van der Waals surface area contributed by atoms with Crippen LogP contribution in [0.1, 0.15) is 56.4 Å². The molecule has 8 rings (SSSR count). The summed E-state index contributed by atoms with van der Waals surface area (Å²) in [6.45, 7) is 11.2. The van der Waals surface area contributed by atoms with Crippen molar-refractivity contribution in [2.24, 2.45) is 0 Å². The van der Waals surface area contributed by atoms with Crippen molar-refractivity contribution in [3.8, 4) is 28.2 Å². The lowest BCUT2D eigenvalue weighted by atomic mass is 9.87. The number of furan rings is 1. The maximum absolute atomic E-state index is 6.51. The molecule has 3 aromatic heterocycles. The molecular formula is C41H35N3O. The lowest BCUT2D eigenvalue weighted by molar-refractivity contribution is 0.653. The fraction of sp³-hybridized carbons (Fsp3) is 0.171. The van der Waals surface area contributed by atoms with Crippen LogP contribution in [0.4, 0.5) is 0 Å². The minimum absolute atomic E-state index is 0.279. The van der Waals surface area contributed by atoms with Crippen LogP contribution >= 0.6 is 0 Å². The van der Waals surface area contributed by atoms with E-state index in [0.29, 0.717) is 5.71 Å². The summed E-state index contributed by atoms with van der Waals surface area (Å²) in [6, 6.07) is 39.1. The second-order valence-corrected chi connectivity index (χ2v) is 12.7. The van der Waals surface area contributed by atoms with Crippen LogP contribution in [-0.4, -0.2) is 14.5 Å². The monoisotopic (exact) mass is 585 g/mol. The predicted molar refractivity (Wildman–Crippen MR) is 187 cm³/mol. The van der Waals surface area contributed by atoms with Gasteiger partial charge >= 0.3 is 0 Å². The van der Waals surface area contributed by atoms with Gasteiger partial charge < -0.3 is 4.42 Å². The molecule has 5 aromatic carbocycles. The molecule has 0 N–H and O–H groups in total. The molecule has 3 heterocycles. The van der Waals surface area contributed by atoms with Crippen LogP contribution in [0.2, 0.25) is 0 Å². The van der Waals surface area contributed by atoms with Gasteiger partial charge in [0.2, 0.25) is 5.71 Å². The minimum Gasteiger partial charge on any atom is -0.437 e. The molecule has 0 unspecified atom stereocenters. The molecule has 0 aliphatic carbocycles. The number of imidazole rings is 1. The number of hydrogen-bond donors (Lipinski definition) is 0. The van der Waals surface area contributed by atoms with E-state index >= 15 is 0 Å². The van der Waals surface area contributed by atoms with Gasteiger partial charge in [-0.3, -0.25) is 4.57 Å². The Morgan fingerprint density at radius 2 is 1.36 bits per heavy atom. The Balaban J connectivity index is 1.44. The van der Waals surface area contributed by atoms with Crippen LogP contribution in [0.15, 0.2) is 114 Å². The molecule has 4 heteroatoms. The van der Waals surface area contributed by atoms with Gasteiger partial charge in [0.15, 0.2) is 0 Å². The smallest absolute Gasteiger partial charge is 0.227 e. The van der Waals surface area contributed by atoms with Crippen molar-refractivity contribution < 1.29 is 4.42 Å². The summed E-state index contributed by atoms with van der Waals surface area (Å²) in [5, 5.41) is 4.58. The van der Waals surface area contributed by atoms with Crippen LogP contribution in [0.5, 0.6) is 0 Å². The predicted octanol–water partition coefficient (Wildman–Crippen LogP) is 11.4. The van der Waals surface area contributed by atoms with Crippen molar-refractivity contribution in [3.05, 3.63) is 126 Å². The Bertz CT molecular complexity index is 2380. The number of para-hydroxylation sites is 3.